The topological polar surface area (TPSA) is 74.2 Å². The van der Waals surface area contributed by atoms with Gasteiger partial charge in [0.05, 0.1) is 13.7 Å². The van der Waals surface area contributed by atoms with E-state index >= 15 is 0 Å². The van der Waals surface area contributed by atoms with E-state index in [1.54, 1.807) is 0 Å². The maximum absolute atomic E-state index is 11.9. The van der Waals surface area contributed by atoms with E-state index in [9.17, 15) is 9.90 Å². The summed E-state index contributed by atoms with van der Waals surface area (Å²) in [5, 5.41) is 9.54. The van der Waals surface area contributed by atoms with Crippen LogP contribution < -0.4 is 0 Å². The first-order valence-corrected chi connectivity index (χ1v) is 5.57. The van der Waals surface area contributed by atoms with Crippen molar-refractivity contribution in [1.29, 1.82) is 0 Å². The maximum Gasteiger partial charge on any atom is 0.317 e. The Morgan fingerprint density at radius 1 is 1.41 bits per heavy atom. The molecule has 0 unspecified atom stereocenters. The molecule has 2 rings (SSSR count). The summed E-state index contributed by atoms with van der Waals surface area (Å²) >= 11 is 0. The van der Waals surface area contributed by atoms with Crippen molar-refractivity contribution in [3.8, 4) is 0 Å². The molecular weight excluding hydrogens is 228 g/mol. The van der Waals surface area contributed by atoms with Gasteiger partial charge in [0.15, 0.2) is 0 Å². The monoisotopic (exact) mass is 246 g/mol. The second kappa shape index (κ2) is 4.20. The summed E-state index contributed by atoms with van der Waals surface area (Å²) < 4.78 is 21.3. The number of aliphatic hydroxyl groups excluding tert-OH is 1. The van der Waals surface area contributed by atoms with E-state index in [0.29, 0.717) is 12.8 Å². The highest BCUT2D eigenvalue weighted by Gasteiger charge is 2.72. The average molecular weight is 246 g/mol. The summed E-state index contributed by atoms with van der Waals surface area (Å²) in [6.07, 6.45) is 0.937. The van der Waals surface area contributed by atoms with Crippen molar-refractivity contribution < 1.29 is 28.8 Å². The summed E-state index contributed by atoms with van der Waals surface area (Å²) in [5.41, 5.74) is -0.941. The van der Waals surface area contributed by atoms with Gasteiger partial charge in [0, 0.05) is 14.2 Å². The van der Waals surface area contributed by atoms with Gasteiger partial charge in [-0.2, -0.15) is 0 Å². The van der Waals surface area contributed by atoms with Crippen LogP contribution in [-0.4, -0.2) is 56.5 Å². The van der Waals surface area contributed by atoms with Crippen molar-refractivity contribution in [1.82, 2.24) is 0 Å². The third-order valence-electron chi connectivity index (χ3n) is 3.93. The molecule has 0 saturated carbocycles. The molecule has 0 amide bonds. The van der Waals surface area contributed by atoms with Crippen LogP contribution in [0, 0.1) is 5.92 Å². The molecule has 0 spiro atoms. The van der Waals surface area contributed by atoms with E-state index in [2.05, 4.69) is 0 Å². The smallest absolute Gasteiger partial charge is 0.317 e. The zero-order valence-electron chi connectivity index (χ0n) is 10.3. The van der Waals surface area contributed by atoms with Crippen molar-refractivity contribution in [2.75, 3.05) is 27.9 Å². The van der Waals surface area contributed by atoms with Gasteiger partial charge in [0.1, 0.15) is 17.6 Å². The maximum atomic E-state index is 11.9. The molecule has 1 N–H and O–H groups in total. The number of esters is 1. The number of rotatable bonds is 4. The number of aliphatic hydroxyl groups is 1. The summed E-state index contributed by atoms with van der Waals surface area (Å²) in [7, 11) is 4.23. The molecule has 2 heterocycles. The second-order valence-corrected chi connectivity index (χ2v) is 4.45. The lowest BCUT2D eigenvalue weighted by Crippen LogP contribution is -2.58. The minimum atomic E-state index is -1.16. The second-order valence-electron chi connectivity index (χ2n) is 4.45. The van der Waals surface area contributed by atoms with Gasteiger partial charge in [-0.05, 0) is 12.8 Å². The van der Waals surface area contributed by atoms with Gasteiger partial charge in [-0.25, -0.2) is 0 Å². The Balaban J connectivity index is 2.43. The first-order valence-electron chi connectivity index (χ1n) is 5.57. The molecule has 0 aromatic carbocycles. The quantitative estimate of drug-likeness (QED) is 0.541. The Morgan fingerprint density at radius 3 is 2.53 bits per heavy atom. The van der Waals surface area contributed by atoms with Gasteiger partial charge >= 0.3 is 5.97 Å². The fourth-order valence-corrected chi connectivity index (χ4v) is 3.11. The standard InChI is InChI=1S/C11H18O6/c1-14-9(13)8-10(6-12)5-4-7(17-10)11(8,15-2)16-3/h7-8,12H,4-6H2,1-3H3/t7-,8-,10-/m1/s1. The summed E-state index contributed by atoms with van der Waals surface area (Å²) in [6.45, 7) is -0.252. The zero-order chi connectivity index (χ0) is 12.7. The molecule has 2 aliphatic heterocycles. The van der Waals surface area contributed by atoms with Crippen molar-refractivity contribution >= 4 is 5.97 Å². The van der Waals surface area contributed by atoms with Gasteiger partial charge < -0.3 is 24.1 Å². The van der Waals surface area contributed by atoms with Crippen molar-refractivity contribution in [3.05, 3.63) is 0 Å². The third kappa shape index (κ3) is 1.45. The minimum absolute atomic E-state index is 0.252. The summed E-state index contributed by atoms with van der Waals surface area (Å²) in [6, 6.07) is 0. The number of carbonyl (C=O) groups is 1. The van der Waals surface area contributed by atoms with Crippen LogP contribution in [-0.2, 0) is 23.7 Å². The molecule has 0 radical (unpaired) electrons. The first kappa shape index (κ1) is 12.8. The summed E-state index contributed by atoms with van der Waals surface area (Å²) in [5.74, 6) is -2.41. The number of hydrogen-bond donors (Lipinski definition) is 1. The van der Waals surface area contributed by atoms with Crippen molar-refractivity contribution in [2.45, 2.75) is 30.3 Å². The van der Waals surface area contributed by atoms with Crippen LogP contribution in [0.3, 0.4) is 0 Å². The SMILES string of the molecule is COC(=O)[C@H]1C(OC)(OC)[C@H]2CC[C@]1(CO)O2. The predicted octanol–water partition coefficient (Wildman–Crippen LogP) is -0.312. The lowest BCUT2D eigenvalue weighted by atomic mass is 9.74. The largest absolute Gasteiger partial charge is 0.469 e. The van der Waals surface area contributed by atoms with Crippen LogP contribution in [0.15, 0.2) is 0 Å². The van der Waals surface area contributed by atoms with E-state index < -0.39 is 23.3 Å². The van der Waals surface area contributed by atoms with Crippen LogP contribution in [0.4, 0.5) is 0 Å². The third-order valence-corrected chi connectivity index (χ3v) is 3.93. The Bertz CT molecular complexity index is 313. The fourth-order valence-electron chi connectivity index (χ4n) is 3.11. The van der Waals surface area contributed by atoms with E-state index in [4.69, 9.17) is 18.9 Å². The van der Waals surface area contributed by atoms with E-state index in [0.717, 1.165) is 0 Å². The molecule has 3 atom stereocenters. The number of carbonyl (C=O) groups excluding carboxylic acids is 1. The summed E-state index contributed by atoms with van der Waals surface area (Å²) in [4.78, 5) is 11.9. The molecule has 6 heteroatoms. The molecule has 0 aromatic rings. The highest BCUT2D eigenvalue weighted by Crippen LogP contribution is 2.55. The van der Waals surface area contributed by atoms with E-state index in [1.807, 2.05) is 0 Å². The molecule has 98 valence electrons. The Labute approximate surface area is 99.8 Å². The van der Waals surface area contributed by atoms with E-state index in [1.165, 1.54) is 21.3 Å². The first-order chi connectivity index (χ1) is 8.10. The zero-order valence-corrected chi connectivity index (χ0v) is 10.3. The molecule has 6 nitrogen and oxygen atoms in total. The van der Waals surface area contributed by atoms with Gasteiger partial charge in [-0.3, -0.25) is 4.79 Å². The highest BCUT2D eigenvalue weighted by molar-refractivity contribution is 5.76. The van der Waals surface area contributed by atoms with Crippen molar-refractivity contribution in [2.24, 2.45) is 5.92 Å². The molecule has 0 aliphatic carbocycles. The number of ether oxygens (including phenoxy) is 4. The van der Waals surface area contributed by atoms with Crippen LogP contribution in [0.1, 0.15) is 12.8 Å². The van der Waals surface area contributed by atoms with Crippen LogP contribution in [0.2, 0.25) is 0 Å². The van der Waals surface area contributed by atoms with E-state index in [-0.39, 0.29) is 12.7 Å². The van der Waals surface area contributed by atoms with Crippen LogP contribution in [0.25, 0.3) is 0 Å². The van der Waals surface area contributed by atoms with Crippen LogP contribution in [0.5, 0.6) is 0 Å². The number of fused-ring (bicyclic) bond motifs is 2. The molecule has 0 aromatic heterocycles. The highest BCUT2D eigenvalue weighted by atomic mass is 16.7. The van der Waals surface area contributed by atoms with Gasteiger partial charge in [-0.15, -0.1) is 0 Å². The lowest BCUT2D eigenvalue weighted by molar-refractivity contribution is -0.256. The van der Waals surface area contributed by atoms with Crippen LogP contribution >= 0.6 is 0 Å². The van der Waals surface area contributed by atoms with Gasteiger partial charge in [0.25, 0.3) is 0 Å². The molecular formula is C11H18O6. The van der Waals surface area contributed by atoms with Gasteiger partial charge in [0.2, 0.25) is 5.79 Å². The Kier molecular flexibility index (Phi) is 3.15. The normalized spacial score (nSPS) is 38.4. The molecule has 2 bridgehead atoms. The lowest BCUT2D eigenvalue weighted by Gasteiger charge is -2.40. The van der Waals surface area contributed by atoms with Crippen molar-refractivity contribution in [3.63, 3.8) is 0 Å². The predicted molar refractivity (Wildman–Crippen MR) is 56.2 cm³/mol. The molecule has 2 fully saturated rings. The molecule has 2 aliphatic rings. The minimum Gasteiger partial charge on any atom is -0.469 e. The molecule has 2 saturated heterocycles. The Hall–Kier alpha value is -0.690. The Morgan fingerprint density at radius 2 is 2.06 bits per heavy atom. The molecule has 17 heavy (non-hydrogen) atoms. The number of hydrogen-bond acceptors (Lipinski definition) is 6. The fraction of sp³-hybridized carbons (Fsp3) is 0.909. The number of methoxy groups -OCH3 is 3. The average Bonchev–Trinajstić information content (AvgIpc) is 2.92. The van der Waals surface area contributed by atoms with Gasteiger partial charge in [-0.1, -0.05) is 0 Å².